The molecule has 39 heavy (non-hydrogen) atoms. The van der Waals surface area contributed by atoms with Gasteiger partial charge >= 0.3 is 11.7 Å². The predicted molar refractivity (Wildman–Crippen MR) is 141 cm³/mol. The fourth-order valence-corrected chi connectivity index (χ4v) is 4.55. The van der Waals surface area contributed by atoms with E-state index in [1.54, 1.807) is 42.6 Å². The molecule has 9 nitrogen and oxygen atoms in total. The molecule has 3 heterocycles. The molecule has 1 unspecified atom stereocenters. The number of carbonyl (C=O) groups excluding carboxylic acids is 2. The van der Waals surface area contributed by atoms with E-state index in [2.05, 4.69) is 15.4 Å². The SMILES string of the molecule is NC(=O)C1(C(Cc2ccc(F)cc2)NC(=O)c2cccnc2-n2ccc(-c3cccc(Cl)c3Cl)n2)OC=CO1. The standard InChI is InChI=1S/C27H20Cl2FN5O4/c28-20-5-1-3-18(23(20)29)21-10-12-35(34-21)24-19(4-2-11-32-24)25(36)33-22(15-16-6-8-17(30)9-7-16)27(26(31)37)38-13-14-39-27/h1-14,22H,15H2,(H2,31,37)(H,33,36). The average Bonchev–Trinajstić information content (AvgIpc) is 3.62. The lowest BCUT2D eigenvalue weighted by Gasteiger charge is -2.33. The molecular weight excluding hydrogens is 548 g/mol. The summed E-state index contributed by atoms with van der Waals surface area (Å²) in [7, 11) is 0. The first-order valence-corrected chi connectivity index (χ1v) is 12.4. The zero-order valence-corrected chi connectivity index (χ0v) is 21.6. The van der Waals surface area contributed by atoms with Crippen molar-refractivity contribution in [3.05, 3.63) is 113 Å². The van der Waals surface area contributed by atoms with E-state index < -0.39 is 29.5 Å². The number of primary amides is 1. The van der Waals surface area contributed by atoms with Crippen LogP contribution < -0.4 is 11.1 Å². The predicted octanol–water partition coefficient (Wildman–Crippen LogP) is 4.42. The van der Waals surface area contributed by atoms with Gasteiger partial charge in [0.2, 0.25) is 0 Å². The second-order valence-corrected chi connectivity index (χ2v) is 9.30. The minimum absolute atomic E-state index is 0.0332. The van der Waals surface area contributed by atoms with E-state index >= 15 is 0 Å². The molecule has 1 aliphatic heterocycles. The van der Waals surface area contributed by atoms with Crippen molar-refractivity contribution in [1.82, 2.24) is 20.1 Å². The maximum absolute atomic E-state index is 13.6. The van der Waals surface area contributed by atoms with Crippen LogP contribution in [0.4, 0.5) is 4.39 Å². The molecule has 198 valence electrons. The molecule has 12 heteroatoms. The van der Waals surface area contributed by atoms with Crippen molar-refractivity contribution in [1.29, 1.82) is 0 Å². The third-order valence-electron chi connectivity index (χ3n) is 6.07. The highest BCUT2D eigenvalue weighted by Gasteiger charge is 2.51. The van der Waals surface area contributed by atoms with Gasteiger partial charge in [-0.2, -0.15) is 5.10 Å². The minimum atomic E-state index is -2.02. The van der Waals surface area contributed by atoms with Crippen LogP contribution in [0.5, 0.6) is 0 Å². The lowest BCUT2D eigenvalue weighted by molar-refractivity contribution is -0.182. The van der Waals surface area contributed by atoms with Gasteiger partial charge in [0.05, 0.1) is 21.3 Å². The normalized spacial score (nSPS) is 14.3. The van der Waals surface area contributed by atoms with Gasteiger partial charge in [0, 0.05) is 24.4 Å². The van der Waals surface area contributed by atoms with Crippen LogP contribution in [0.15, 0.2) is 85.6 Å². The number of nitrogens with two attached hydrogens (primary N) is 1. The number of aromatic nitrogens is 3. The largest absolute Gasteiger partial charge is 0.447 e. The molecule has 0 saturated heterocycles. The van der Waals surface area contributed by atoms with Gasteiger partial charge in [0.1, 0.15) is 24.4 Å². The van der Waals surface area contributed by atoms with Gasteiger partial charge in [-0.05, 0) is 42.0 Å². The first-order chi connectivity index (χ1) is 18.8. The summed E-state index contributed by atoms with van der Waals surface area (Å²) < 4.78 is 25.8. The van der Waals surface area contributed by atoms with Gasteiger partial charge in [0.25, 0.3) is 5.91 Å². The summed E-state index contributed by atoms with van der Waals surface area (Å²) >= 11 is 12.5. The van der Waals surface area contributed by atoms with Crippen LogP contribution in [0.3, 0.4) is 0 Å². The minimum Gasteiger partial charge on any atom is -0.447 e. The zero-order valence-electron chi connectivity index (χ0n) is 20.1. The summed E-state index contributed by atoms with van der Waals surface area (Å²) in [6.07, 6.45) is 5.49. The van der Waals surface area contributed by atoms with Crippen LogP contribution in [0, 0.1) is 5.82 Å². The number of benzene rings is 2. The first kappa shape index (κ1) is 26.2. The van der Waals surface area contributed by atoms with Crippen LogP contribution in [0.2, 0.25) is 10.0 Å². The van der Waals surface area contributed by atoms with Crippen molar-refractivity contribution in [2.75, 3.05) is 0 Å². The van der Waals surface area contributed by atoms with Crippen LogP contribution in [-0.4, -0.2) is 38.4 Å². The highest BCUT2D eigenvalue weighted by atomic mass is 35.5. The Hall–Kier alpha value is -4.41. The number of amides is 2. The van der Waals surface area contributed by atoms with E-state index in [4.69, 9.17) is 38.4 Å². The molecule has 5 rings (SSSR count). The van der Waals surface area contributed by atoms with Crippen LogP contribution in [0.1, 0.15) is 15.9 Å². The van der Waals surface area contributed by atoms with Crippen LogP contribution in [-0.2, 0) is 20.7 Å². The van der Waals surface area contributed by atoms with Gasteiger partial charge < -0.3 is 20.5 Å². The smallest absolute Gasteiger partial charge is 0.352 e. The number of hydrogen-bond acceptors (Lipinski definition) is 6. The number of ether oxygens (including phenoxy) is 2. The molecule has 1 atom stereocenters. The highest BCUT2D eigenvalue weighted by Crippen LogP contribution is 2.33. The van der Waals surface area contributed by atoms with Gasteiger partial charge in [-0.15, -0.1) is 0 Å². The number of halogens is 3. The number of hydrogen-bond donors (Lipinski definition) is 2. The van der Waals surface area contributed by atoms with E-state index in [0.717, 1.165) is 12.5 Å². The summed E-state index contributed by atoms with van der Waals surface area (Å²) in [6.45, 7) is 0. The maximum Gasteiger partial charge on any atom is 0.352 e. The lowest BCUT2D eigenvalue weighted by Crippen LogP contribution is -2.61. The molecule has 4 aromatic rings. The maximum atomic E-state index is 13.6. The van der Waals surface area contributed by atoms with E-state index in [1.807, 2.05) is 0 Å². The van der Waals surface area contributed by atoms with Crippen molar-refractivity contribution < 1.29 is 23.5 Å². The van der Waals surface area contributed by atoms with E-state index in [0.29, 0.717) is 26.9 Å². The molecule has 2 aromatic carbocycles. The Morgan fingerprint density at radius 1 is 1.05 bits per heavy atom. The van der Waals surface area contributed by atoms with Crippen molar-refractivity contribution in [3.8, 4) is 17.1 Å². The molecule has 1 aliphatic rings. The second kappa shape index (κ2) is 10.8. The van der Waals surface area contributed by atoms with E-state index in [9.17, 15) is 14.0 Å². The summed E-state index contributed by atoms with van der Waals surface area (Å²) in [6, 6.07) is 14.5. The Bertz CT molecular complexity index is 1570. The first-order valence-electron chi connectivity index (χ1n) is 11.6. The molecule has 0 bridgehead atoms. The highest BCUT2D eigenvalue weighted by molar-refractivity contribution is 6.43. The Kier molecular flexibility index (Phi) is 7.23. The van der Waals surface area contributed by atoms with Crippen molar-refractivity contribution >= 4 is 35.0 Å². The molecule has 0 radical (unpaired) electrons. The molecule has 0 fully saturated rings. The third-order valence-corrected chi connectivity index (χ3v) is 6.89. The van der Waals surface area contributed by atoms with Crippen molar-refractivity contribution in [2.45, 2.75) is 18.2 Å². The van der Waals surface area contributed by atoms with Crippen LogP contribution in [0.25, 0.3) is 17.1 Å². The monoisotopic (exact) mass is 567 g/mol. The average molecular weight is 568 g/mol. The molecular formula is C27H20Cl2FN5O4. The molecule has 3 N–H and O–H groups in total. The number of nitrogens with zero attached hydrogens (tertiary/aromatic N) is 3. The quantitative estimate of drug-likeness (QED) is 0.325. The number of rotatable bonds is 8. The Morgan fingerprint density at radius 2 is 1.79 bits per heavy atom. The fraction of sp³-hybridized carbons (Fsp3) is 0.111. The molecule has 0 spiro atoms. The second-order valence-electron chi connectivity index (χ2n) is 8.52. The van der Waals surface area contributed by atoms with Crippen molar-refractivity contribution in [2.24, 2.45) is 5.73 Å². The number of carbonyl (C=O) groups is 2. The third kappa shape index (κ3) is 5.16. The number of nitrogens with one attached hydrogen (secondary N) is 1. The summed E-state index contributed by atoms with van der Waals surface area (Å²) in [5.74, 6) is -3.81. The Balaban J connectivity index is 1.47. The van der Waals surface area contributed by atoms with E-state index in [1.165, 1.54) is 35.1 Å². The van der Waals surface area contributed by atoms with Gasteiger partial charge in [0.15, 0.2) is 5.82 Å². The molecule has 0 saturated carbocycles. The molecule has 0 aliphatic carbocycles. The lowest BCUT2D eigenvalue weighted by atomic mass is 9.97. The van der Waals surface area contributed by atoms with Crippen molar-refractivity contribution in [3.63, 3.8) is 0 Å². The molecule has 2 amide bonds. The van der Waals surface area contributed by atoms with Gasteiger partial charge in [-0.25, -0.2) is 14.1 Å². The van der Waals surface area contributed by atoms with E-state index in [-0.39, 0.29) is 17.8 Å². The summed E-state index contributed by atoms with van der Waals surface area (Å²) in [5, 5.41) is 8.03. The summed E-state index contributed by atoms with van der Waals surface area (Å²) in [4.78, 5) is 30.4. The van der Waals surface area contributed by atoms with Gasteiger partial charge in [-0.1, -0.05) is 47.5 Å². The Labute approximate surface area is 232 Å². The number of pyridine rings is 1. The zero-order chi connectivity index (χ0) is 27.6. The van der Waals surface area contributed by atoms with Gasteiger partial charge in [-0.3, -0.25) is 9.59 Å². The topological polar surface area (TPSA) is 121 Å². The Morgan fingerprint density at radius 3 is 2.51 bits per heavy atom. The van der Waals surface area contributed by atoms with Crippen LogP contribution >= 0.6 is 23.2 Å². The molecule has 2 aromatic heterocycles. The summed E-state index contributed by atoms with van der Waals surface area (Å²) in [5.41, 5.74) is 7.50. The fourth-order valence-electron chi connectivity index (χ4n) is 4.15.